The molecule has 1 heterocycles. The van der Waals surface area contributed by atoms with Gasteiger partial charge in [0.2, 0.25) is 5.90 Å². The predicted molar refractivity (Wildman–Crippen MR) is 98.9 cm³/mol. The number of nitrogens with zero attached hydrogens (tertiary/aromatic N) is 1. The normalized spacial score (nSPS) is 15.1. The molecule has 0 unspecified atom stereocenters. The number of aliphatic imine (C=N–C) groups is 1. The molecule has 3 rings (SSSR count). The van der Waals surface area contributed by atoms with Crippen LogP contribution in [0.1, 0.15) is 18.1 Å². The van der Waals surface area contributed by atoms with Gasteiger partial charge in [0.1, 0.15) is 0 Å². The summed E-state index contributed by atoms with van der Waals surface area (Å²) < 4.78 is 17.0. The van der Waals surface area contributed by atoms with Gasteiger partial charge in [-0.25, -0.2) is 9.79 Å². The Morgan fingerprint density at radius 1 is 1.16 bits per heavy atom. The maximum atomic E-state index is 12.1. The lowest BCUT2D eigenvalue weighted by molar-refractivity contribution is -0.129. The minimum Gasteiger partial charge on any atom is -0.493 e. The Morgan fingerprint density at radius 2 is 1.92 bits per heavy atom. The topological polar surface area (TPSA) is 57.1 Å². The van der Waals surface area contributed by atoms with Crippen molar-refractivity contribution >= 4 is 33.9 Å². The molecule has 0 aliphatic carbocycles. The number of cyclic esters (lactones) is 1. The number of benzene rings is 2. The van der Waals surface area contributed by atoms with Crippen LogP contribution in [0, 0.1) is 0 Å². The molecule has 2 aromatic carbocycles. The molecular weight excluding hydrogens is 386 g/mol. The van der Waals surface area contributed by atoms with Crippen molar-refractivity contribution in [1.29, 1.82) is 0 Å². The number of rotatable bonds is 5. The Morgan fingerprint density at radius 3 is 2.60 bits per heavy atom. The Labute approximate surface area is 154 Å². The SMILES string of the molecule is CCOc1ccc(C=C2N=C(c3ccc(Br)cc3)OC2=O)cc1OC. The van der Waals surface area contributed by atoms with Gasteiger partial charge in [-0.15, -0.1) is 0 Å². The lowest BCUT2D eigenvalue weighted by atomic mass is 10.1. The first-order valence-corrected chi connectivity index (χ1v) is 8.49. The average molecular weight is 402 g/mol. The molecule has 1 aliphatic rings. The van der Waals surface area contributed by atoms with Crippen molar-refractivity contribution in [2.75, 3.05) is 13.7 Å². The zero-order valence-corrected chi connectivity index (χ0v) is 15.4. The number of esters is 1. The van der Waals surface area contributed by atoms with E-state index in [1.165, 1.54) is 0 Å². The molecule has 0 atom stereocenters. The highest BCUT2D eigenvalue weighted by atomic mass is 79.9. The molecule has 0 saturated heterocycles. The van der Waals surface area contributed by atoms with Gasteiger partial charge in [0.25, 0.3) is 0 Å². The smallest absolute Gasteiger partial charge is 0.363 e. The summed E-state index contributed by atoms with van der Waals surface area (Å²) in [4.78, 5) is 16.4. The Kier molecular flexibility index (Phi) is 5.19. The van der Waals surface area contributed by atoms with Gasteiger partial charge in [-0.2, -0.15) is 0 Å². The molecule has 6 heteroatoms. The molecule has 0 saturated carbocycles. The fraction of sp³-hybridized carbons (Fsp3) is 0.158. The summed E-state index contributed by atoms with van der Waals surface area (Å²) in [5.41, 5.74) is 1.75. The summed E-state index contributed by atoms with van der Waals surface area (Å²) in [6.07, 6.45) is 1.66. The zero-order chi connectivity index (χ0) is 17.8. The standard InChI is InChI=1S/C19H16BrNO4/c1-3-24-16-9-4-12(11-17(16)23-2)10-15-19(22)25-18(21-15)13-5-7-14(20)8-6-13/h4-11H,3H2,1-2H3. The van der Waals surface area contributed by atoms with E-state index in [1.807, 2.05) is 37.3 Å². The number of halogens is 1. The largest absolute Gasteiger partial charge is 0.493 e. The number of carbonyl (C=O) groups is 1. The summed E-state index contributed by atoms with van der Waals surface area (Å²) in [5, 5.41) is 0. The van der Waals surface area contributed by atoms with E-state index in [9.17, 15) is 4.79 Å². The number of hydrogen-bond acceptors (Lipinski definition) is 5. The average Bonchev–Trinajstić information content (AvgIpc) is 2.97. The first kappa shape index (κ1) is 17.2. The molecule has 2 aromatic rings. The molecule has 0 N–H and O–H groups in total. The van der Waals surface area contributed by atoms with E-state index in [-0.39, 0.29) is 5.70 Å². The van der Waals surface area contributed by atoms with Crippen molar-refractivity contribution in [3.63, 3.8) is 0 Å². The summed E-state index contributed by atoms with van der Waals surface area (Å²) >= 11 is 3.37. The number of carbonyl (C=O) groups excluding carboxylic acids is 1. The van der Waals surface area contributed by atoms with Crippen LogP contribution in [0.15, 0.2) is 57.6 Å². The number of methoxy groups -OCH3 is 1. The number of ether oxygens (including phenoxy) is 3. The van der Waals surface area contributed by atoms with Crippen molar-refractivity contribution in [2.24, 2.45) is 4.99 Å². The highest BCUT2D eigenvalue weighted by Gasteiger charge is 2.24. The van der Waals surface area contributed by atoms with Gasteiger partial charge < -0.3 is 14.2 Å². The highest BCUT2D eigenvalue weighted by Crippen LogP contribution is 2.29. The van der Waals surface area contributed by atoms with Gasteiger partial charge >= 0.3 is 5.97 Å². The van der Waals surface area contributed by atoms with Crippen LogP contribution in [0.25, 0.3) is 6.08 Å². The van der Waals surface area contributed by atoms with Crippen molar-refractivity contribution in [2.45, 2.75) is 6.92 Å². The van der Waals surface area contributed by atoms with Crippen LogP contribution in [0.5, 0.6) is 11.5 Å². The Balaban J connectivity index is 1.90. The van der Waals surface area contributed by atoms with Gasteiger partial charge in [-0.3, -0.25) is 0 Å². The minimum atomic E-state index is -0.481. The van der Waals surface area contributed by atoms with Crippen molar-refractivity contribution in [3.05, 3.63) is 63.8 Å². The predicted octanol–water partition coefficient (Wildman–Crippen LogP) is 4.20. The molecule has 0 amide bonds. The first-order valence-electron chi connectivity index (χ1n) is 7.70. The van der Waals surface area contributed by atoms with E-state index in [0.29, 0.717) is 24.0 Å². The molecule has 0 aromatic heterocycles. The second kappa shape index (κ2) is 7.53. The lowest BCUT2D eigenvalue weighted by Gasteiger charge is -2.09. The molecule has 128 valence electrons. The van der Waals surface area contributed by atoms with Crippen LogP contribution < -0.4 is 9.47 Å². The summed E-state index contributed by atoms with van der Waals surface area (Å²) in [7, 11) is 1.57. The van der Waals surface area contributed by atoms with Gasteiger partial charge in [0, 0.05) is 10.0 Å². The third-order valence-electron chi connectivity index (χ3n) is 3.50. The zero-order valence-electron chi connectivity index (χ0n) is 13.8. The van der Waals surface area contributed by atoms with E-state index in [4.69, 9.17) is 14.2 Å². The van der Waals surface area contributed by atoms with Crippen LogP contribution in [-0.2, 0) is 9.53 Å². The molecule has 0 spiro atoms. The van der Waals surface area contributed by atoms with Crippen LogP contribution in [-0.4, -0.2) is 25.6 Å². The van der Waals surface area contributed by atoms with E-state index in [1.54, 1.807) is 25.3 Å². The first-order chi connectivity index (χ1) is 12.1. The molecule has 25 heavy (non-hydrogen) atoms. The van der Waals surface area contributed by atoms with Gasteiger partial charge in [0.15, 0.2) is 17.2 Å². The van der Waals surface area contributed by atoms with E-state index < -0.39 is 5.97 Å². The molecule has 5 nitrogen and oxygen atoms in total. The van der Waals surface area contributed by atoms with Crippen LogP contribution in [0.2, 0.25) is 0 Å². The summed E-state index contributed by atoms with van der Waals surface area (Å²) in [6.45, 7) is 2.45. The monoisotopic (exact) mass is 401 g/mol. The van der Waals surface area contributed by atoms with Crippen LogP contribution in [0.4, 0.5) is 0 Å². The second-order valence-corrected chi connectivity index (χ2v) is 6.10. The maximum Gasteiger partial charge on any atom is 0.363 e. The van der Waals surface area contributed by atoms with Gasteiger partial charge in [0.05, 0.1) is 13.7 Å². The second-order valence-electron chi connectivity index (χ2n) is 5.19. The molecule has 0 fully saturated rings. The van der Waals surface area contributed by atoms with Crippen LogP contribution >= 0.6 is 15.9 Å². The van der Waals surface area contributed by atoms with Gasteiger partial charge in [-0.05, 0) is 55.0 Å². The van der Waals surface area contributed by atoms with Crippen molar-refractivity contribution in [1.82, 2.24) is 0 Å². The Bertz CT molecular complexity index is 856. The maximum absolute atomic E-state index is 12.1. The van der Waals surface area contributed by atoms with E-state index >= 15 is 0 Å². The third-order valence-corrected chi connectivity index (χ3v) is 4.03. The van der Waals surface area contributed by atoms with E-state index in [2.05, 4.69) is 20.9 Å². The highest BCUT2D eigenvalue weighted by molar-refractivity contribution is 9.10. The fourth-order valence-corrected chi connectivity index (χ4v) is 2.60. The van der Waals surface area contributed by atoms with Crippen molar-refractivity contribution in [3.8, 4) is 11.5 Å². The molecule has 0 bridgehead atoms. The molecule has 1 aliphatic heterocycles. The van der Waals surface area contributed by atoms with Gasteiger partial charge in [-0.1, -0.05) is 22.0 Å². The van der Waals surface area contributed by atoms with Crippen molar-refractivity contribution < 1.29 is 19.0 Å². The lowest BCUT2D eigenvalue weighted by Crippen LogP contribution is -2.05. The summed E-state index contributed by atoms with van der Waals surface area (Å²) in [5.74, 6) is 1.06. The van der Waals surface area contributed by atoms with E-state index in [0.717, 1.165) is 15.6 Å². The van der Waals surface area contributed by atoms with Crippen LogP contribution in [0.3, 0.4) is 0 Å². The third kappa shape index (κ3) is 3.91. The summed E-state index contributed by atoms with van der Waals surface area (Å²) in [6, 6.07) is 12.8. The molecular formula is C19H16BrNO4. The quantitative estimate of drug-likeness (QED) is 0.556. The number of hydrogen-bond donors (Lipinski definition) is 0. The fourth-order valence-electron chi connectivity index (χ4n) is 2.33. The molecule has 0 radical (unpaired) electrons. The minimum absolute atomic E-state index is 0.240. The Hall–Kier alpha value is -2.60.